The van der Waals surface area contributed by atoms with E-state index in [4.69, 9.17) is 52.6 Å². The average molecular weight is 603 g/mol. The van der Waals surface area contributed by atoms with Gasteiger partial charge in [-0.2, -0.15) is 0 Å². The topological polar surface area (TPSA) is 204 Å². The number of methoxy groups -OCH3 is 1. The number of aliphatic hydroxyl groups excluding tert-OH is 1. The third-order valence-electron chi connectivity index (χ3n) is 5.70. The largest absolute Gasteiger partial charge is 0.466 e. The van der Waals surface area contributed by atoms with Crippen molar-refractivity contribution in [1.29, 1.82) is 0 Å². The lowest BCUT2D eigenvalue weighted by molar-refractivity contribution is -0.258. The second kappa shape index (κ2) is 13.7. The van der Waals surface area contributed by atoms with E-state index >= 15 is 0 Å². The molecule has 1 aromatic carbocycles. The first-order valence-electron chi connectivity index (χ1n) is 11.5. The molecule has 0 saturated carbocycles. The summed E-state index contributed by atoms with van der Waals surface area (Å²) < 4.78 is 25.5. The lowest BCUT2D eigenvalue weighted by Crippen LogP contribution is -2.58. The van der Waals surface area contributed by atoms with Crippen LogP contribution in [0.1, 0.15) is 25.3 Å². The molecular weight excluding hydrogens is 575 g/mol. The first-order chi connectivity index (χ1) is 18.4. The van der Waals surface area contributed by atoms with Gasteiger partial charge >= 0.3 is 29.8 Å². The Balaban J connectivity index is 0.00000560. The van der Waals surface area contributed by atoms with E-state index < -0.39 is 48.4 Å². The summed E-state index contributed by atoms with van der Waals surface area (Å²) in [5, 5.41) is 13.8. The fourth-order valence-electron chi connectivity index (χ4n) is 3.96. The number of ether oxygens (including phenoxy) is 5. The Kier molecular flexibility index (Phi) is 11.3. The van der Waals surface area contributed by atoms with Crippen molar-refractivity contribution in [3.63, 3.8) is 0 Å². The minimum atomic E-state index is -2.53. The van der Waals surface area contributed by atoms with Gasteiger partial charge in [0.05, 0.1) is 59.7 Å². The van der Waals surface area contributed by atoms with Gasteiger partial charge in [0, 0.05) is 17.8 Å². The summed E-state index contributed by atoms with van der Waals surface area (Å²) in [5.74, 6) is -7.13. The molecule has 0 aromatic heterocycles. The summed E-state index contributed by atoms with van der Waals surface area (Å²) in [6.45, 7) is 2.24. The molecule has 6 N–H and O–H groups in total. The number of benzene rings is 1. The van der Waals surface area contributed by atoms with Crippen molar-refractivity contribution in [2.24, 2.45) is 5.73 Å². The summed E-state index contributed by atoms with van der Waals surface area (Å²) in [7, 11) is 1.19. The van der Waals surface area contributed by atoms with Crippen LogP contribution >= 0.6 is 23.2 Å². The van der Waals surface area contributed by atoms with E-state index in [1.807, 2.05) is 0 Å². The van der Waals surface area contributed by atoms with Crippen LogP contribution in [-0.4, -0.2) is 73.4 Å². The Bertz CT molecular complexity index is 1260. The van der Waals surface area contributed by atoms with Gasteiger partial charge < -0.3 is 39.6 Å². The molecule has 0 amide bonds. The normalized spacial score (nSPS) is 19.0. The number of esters is 4. The van der Waals surface area contributed by atoms with E-state index in [2.05, 4.69) is 5.32 Å². The quantitative estimate of drug-likeness (QED) is 0.265. The Labute approximate surface area is 238 Å². The van der Waals surface area contributed by atoms with Crippen molar-refractivity contribution in [3.8, 4) is 0 Å². The SMILES string of the molecule is CCOC(=O)C1=C(COCC(O)C2(N)OC(=O)C=CC(=O)O2)NC(C)=C(C(=O)OC)C1c1cccc(Cl)c1Cl.O. The molecule has 2 aliphatic rings. The van der Waals surface area contributed by atoms with E-state index in [0.29, 0.717) is 11.3 Å². The Morgan fingerprint density at radius 3 is 2.35 bits per heavy atom. The molecule has 13 nitrogen and oxygen atoms in total. The summed E-state index contributed by atoms with van der Waals surface area (Å²) in [6, 6.07) is 4.76. The highest BCUT2D eigenvalue weighted by Gasteiger charge is 2.44. The number of halogens is 2. The highest BCUT2D eigenvalue weighted by Crippen LogP contribution is 2.43. The smallest absolute Gasteiger partial charge is 0.345 e. The number of cyclic esters (lactones) is 2. The van der Waals surface area contributed by atoms with Gasteiger partial charge in [0.25, 0.3) is 0 Å². The number of aliphatic hydroxyl groups is 1. The number of hydrogen-bond donors (Lipinski definition) is 3. The lowest BCUT2D eigenvalue weighted by atomic mass is 9.80. The van der Waals surface area contributed by atoms with E-state index in [9.17, 15) is 24.3 Å². The standard InChI is InChI=1S/C25H26Cl2N2O10.H2O/c1-4-37-24(34)21-15(10-36-11-16(30)25(28)38-17(31)8-9-18(32)39-25)29-12(2)19(23(33)35-3)20(21)13-6-5-7-14(26)22(13)27;/h5-9,16,20,29-30H,4,10-11,28H2,1-3H3;1H2. The van der Waals surface area contributed by atoms with E-state index in [1.165, 1.54) is 7.11 Å². The number of dihydropyridines is 1. The predicted molar refractivity (Wildman–Crippen MR) is 139 cm³/mol. The number of carbonyl (C=O) groups is 4. The van der Waals surface area contributed by atoms with Crippen LogP contribution < -0.4 is 11.1 Å². The molecule has 0 radical (unpaired) electrons. The Hall–Kier alpha value is -3.46. The molecule has 218 valence electrons. The van der Waals surface area contributed by atoms with Crippen LogP contribution in [0.4, 0.5) is 0 Å². The van der Waals surface area contributed by atoms with Crippen LogP contribution in [0.3, 0.4) is 0 Å². The molecule has 15 heteroatoms. The van der Waals surface area contributed by atoms with Gasteiger partial charge in [0.15, 0.2) is 6.10 Å². The molecule has 40 heavy (non-hydrogen) atoms. The van der Waals surface area contributed by atoms with Crippen molar-refractivity contribution in [2.45, 2.75) is 31.8 Å². The van der Waals surface area contributed by atoms with Crippen LogP contribution in [0.15, 0.2) is 52.9 Å². The minimum absolute atomic E-state index is 0. The summed E-state index contributed by atoms with van der Waals surface area (Å²) in [6.07, 6.45) is -0.231. The van der Waals surface area contributed by atoms with Crippen molar-refractivity contribution >= 4 is 47.1 Å². The molecule has 0 bridgehead atoms. The molecule has 0 aliphatic carbocycles. The fraction of sp³-hybridized carbons (Fsp3) is 0.360. The van der Waals surface area contributed by atoms with Crippen LogP contribution in [0, 0.1) is 0 Å². The molecule has 2 heterocycles. The molecular formula is C25H28Cl2N2O11. The van der Waals surface area contributed by atoms with Crippen LogP contribution in [-0.2, 0) is 42.9 Å². The number of nitrogens with one attached hydrogen (secondary N) is 1. The summed E-state index contributed by atoms with van der Waals surface area (Å²) in [5.41, 5.74) is 6.66. The third-order valence-corrected chi connectivity index (χ3v) is 6.53. The number of allylic oxidation sites excluding steroid dienone is 1. The van der Waals surface area contributed by atoms with Crippen molar-refractivity contribution in [2.75, 3.05) is 26.9 Å². The zero-order chi connectivity index (χ0) is 28.9. The van der Waals surface area contributed by atoms with Gasteiger partial charge in [-0.25, -0.2) is 19.2 Å². The second-order valence-corrected chi connectivity index (χ2v) is 9.06. The van der Waals surface area contributed by atoms with Crippen LogP contribution in [0.2, 0.25) is 10.0 Å². The summed E-state index contributed by atoms with van der Waals surface area (Å²) >= 11 is 12.7. The van der Waals surface area contributed by atoms with Crippen molar-refractivity contribution in [3.05, 3.63) is 68.5 Å². The molecule has 1 aromatic rings. The predicted octanol–water partition coefficient (Wildman–Crippen LogP) is 0.766. The van der Waals surface area contributed by atoms with Gasteiger partial charge in [-0.15, -0.1) is 0 Å². The first-order valence-corrected chi connectivity index (χ1v) is 12.3. The molecule has 0 fully saturated rings. The third kappa shape index (κ3) is 6.99. The monoisotopic (exact) mass is 602 g/mol. The molecule has 0 spiro atoms. The van der Waals surface area contributed by atoms with E-state index in [0.717, 1.165) is 12.2 Å². The minimum Gasteiger partial charge on any atom is -0.466 e. The fourth-order valence-corrected chi connectivity index (χ4v) is 4.38. The van der Waals surface area contributed by atoms with E-state index in [1.54, 1.807) is 32.0 Å². The maximum Gasteiger partial charge on any atom is 0.345 e. The average Bonchev–Trinajstić information content (AvgIpc) is 3.01. The Morgan fingerprint density at radius 1 is 1.15 bits per heavy atom. The van der Waals surface area contributed by atoms with Gasteiger partial charge in [-0.05, 0) is 25.5 Å². The zero-order valence-electron chi connectivity index (χ0n) is 21.6. The molecule has 3 rings (SSSR count). The van der Waals surface area contributed by atoms with Crippen molar-refractivity contribution in [1.82, 2.24) is 5.32 Å². The highest BCUT2D eigenvalue weighted by molar-refractivity contribution is 6.42. The van der Waals surface area contributed by atoms with Crippen LogP contribution in [0.5, 0.6) is 0 Å². The summed E-state index contributed by atoms with van der Waals surface area (Å²) in [4.78, 5) is 49.5. The van der Waals surface area contributed by atoms with Gasteiger partial charge in [-0.3, -0.25) is 5.73 Å². The lowest BCUT2D eigenvalue weighted by Gasteiger charge is -2.33. The molecule has 2 unspecified atom stereocenters. The number of carbonyl (C=O) groups excluding carboxylic acids is 4. The first kappa shape index (κ1) is 32.8. The van der Waals surface area contributed by atoms with Crippen LogP contribution in [0.25, 0.3) is 0 Å². The molecule has 0 saturated heterocycles. The maximum absolute atomic E-state index is 13.2. The number of rotatable bonds is 9. The maximum atomic E-state index is 13.2. The highest BCUT2D eigenvalue weighted by atomic mass is 35.5. The molecule has 2 atom stereocenters. The van der Waals surface area contributed by atoms with Gasteiger partial charge in [0.2, 0.25) is 0 Å². The van der Waals surface area contributed by atoms with E-state index in [-0.39, 0.29) is 45.6 Å². The van der Waals surface area contributed by atoms with Crippen molar-refractivity contribution < 1.29 is 53.4 Å². The second-order valence-electron chi connectivity index (χ2n) is 8.27. The number of hydrogen-bond acceptors (Lipinski definition) is 12. The molecule has 2 aliphatic heterocycles. The van der Waals surface area contributed by atoms with Gasteiger partial charge in [-0.1, -0.05) is 35.3 Å². The Morgan fingerprint density at radius 2 is 1.77 bits per heavy atom. The zero-order valence-corrected chi connectivity index (χ0v) is 23.1. The van der Waals surface area contributed by atoms with Gasteiger partial charge in [0.1, 0.15) is 0 Å². The number of nitrogens with two attached hydrogens (primary N) is 1.